The van der Waals surface area contributed by atoms with Gasteiger partial charge in [-0.1, -0.05) is 0 Å². The molecule has 1 saturated heterocycles. The number of carbonyl (C=O) groups is 1. The predicted octanol–water partition coefficient (Wildman–Crippen LogP) is 1.62. The highest BCUT2D eigenvalue weighted by atomic mass is 16.6. The molecule has 1 aliphatic carbocycles. The summed E-state index contributed by atoms with van der Waals surface area (Å²) in [5.74, 6) is 0.512. The van der Waals surface area contributed by atoms with E-state index in [-0.39, 0.29) is 24.0 Å². The van der Waals surface area contributed by atoms with Crippen LogP contribution in [-0.2, 0) is 4.74 Å². The number of aliphatic hydroxyl groups is 1. The molecule has 0 radical (unpaired) electrons. The van der Waals surface area contributed by atoms with E-state index in [0.29, 0.717) is 13.1 Å². The summed E-state index contributed by atoms with van der Waals surface area (Å²) in [5, 5.41) is 9.86. The first-order valence-electron chi connectivity index (χ1n) is 6.03. The molecule has 2 bridgehead atoms. The zero-order valence-corrected chi connectivity index (χ0v) is 10.3. The van der Waals surface area contributed by atoms with Crippen molar-refractivity contribution >= 4 is 6.09 Å². The molecule has 4 heteroatoms. The van der Waals surface area contributed by atoms with Gasteiger partial charge in [0, 0.05) is 24.9 Å². The van der Waals surface area contributed by atoms with Gasteiger partial charge >= 0.3 is 6.09 Å². The Balaban J connectivity index is 1.95. The molecule has 2 aliphatic rings. The minimum atomic E-state index is -0.438. The monoisotopic (exact) mass is 227 g/mol. The number of rotatable bonds is 0. The van der Waals surface area contributed by atoms with Crippen molar-refractivity contribution in [1.29, 1.82) is 0 Å². The van der Waals surface area contributed by atoms with Crippen LogP contribution in [0, 0.1) is 11.8 Å². The Morgan fingerprint density at radius 1 is 1.25 bits per heavy atom. The maximum atomic E-state index is 11.9. The van der Waals surface area contributed by atoms with E-state index in [9.17, 15) is 9.90 Å². The average molecular weight is 227 g/mol. The van der Waals surface area contributed by atoms with Crippen molar-refractivity contribution in [3.05, 3.63) is 0 Å². The largest absolute Gasteiger partial charge is 0.444 e. The lowest BCUT2D eigenvalue weighted by Gasteiger charge is -2.36. The number of carbonyl (C=O) groups excluding carboxylic acids is 1. The Morgan fingerprint density at radius 2 is 1.75 bits per heavy atom. The van der Waals surface area contributed by atoms with Gasteiger partial charge in [0.25, 0.3) is 0 Å². The number of likely N-dealkylation sites (tertiary alicyclic amines) is 1. The van der Waals surface area contributed by atoms with Gasteiger partial charge in [-0.15, -0.1) is 0 Å². The second kappa shape index (κ2) is 3.91. The molecule has 1 amide bonds. The second-order valence-electron chi connectivity index (χ2n) is 5.97. The number of fused-ring (bicyclic) bond motifs is 2. The summed E-state index contributed by atoms with van der Waals surface area (Å²) in [4.78, 5) is 13.6. The van der Waals surface area contributed by atoms with Crippen LogP contribution < -0.4 is 0 Å². The lowest BCUT2D eigenvalue weighted by molar-refractivity contribution is -0.0134. The molecule has 1 N–H and O–H groups in total. The van der Waals surface area contributed by atoms with Crippen molar-refractivity contribution in [2.45, 2.75) is 45.3 Å². The first kappa shape index (κ1) is 11.7. The Bertz CT molecular complexity index is 270. The van der Waals surface area contributed by atoms with E-state index < -0.39 is 5.60 Å². The van der Waals surface area contributed by atoms with Crippen molar-refractivity contribution in [3.8, 4) is 0 Å². The van der Waals surface area contributed by atoms with Gasteiger partial charge in [0.15, 0.2) is 0 Å². The molecule has 2 fully saturated rings. The Morgan fingerprint density at radius 3 is 2.19 bits per heavy atom. The van der Waals surface area contributed by atoms with Crippen LogP contribution in [0.4, 0.5) is 4.79 Å². The van der Waals surface area contributed by atoms with Gasteiger partial charge < -0.3 is 14.7 Å². The number of hydrogen-bond acceptors (Lipinski definition) is 3. The van der Waals surface area contributed by atoms with Crippen LogP contribution in [0.1, 0.15) is 33.6 Å². The van der Waals surface area contributed by atoms with E-state index in [4.69, 9.17) is 4.74 Å². The summed E-state index contributed by atoms with van der Waals surface area (Å²) >= 11 is 0. The van der Waals surface area contributed by atoms with Crippen molar-refractivity contribution < 1.29 is 14.6 Å². The number of piperidine rings is 1. The van der Waals surface area contributed by atoms with Crippen LogP contribution >= 0.6 is 0 Å². The quantitative estimate of drug-likeness (QED) is 0.684. The molecular weight excluding hydrogens is 206 g/mol. The van der Waals surface area contributed by atoms with E-state index in [0.717, 1.165) is 12.8 Å². The summed E-state index contributed by atoms with van der Waals surface area (Å²) in [6.07, 6.45) is 1.62. The predicted molar refractivity (Wildman–Crippen MR) is 60.0 cm³/mol. The third kappa shape index (κ3) is 2.32. The van der Waals surface area contributed by atoms with Crippen molar-refractivity contribution in [2.75, 3.05) is 13.1 Å². The maximum absolute atomic E-state index is 11.9. The number of hydrogen-bond donors (Lipinski definition) is 1. The van der Waals surface area contributed by atoms with Gasteiger partial charge in [-0.05, 0) is 33.6 Å². The number of nitrogens with zero attached hydrogens (tertiary/aromatic N) is 1. The molecule has 1 aliphatic heterocycles. The minimum Gasteiger partial charge on any atom is -0.444 e. The molecule has 0 aromatic carbocycles. The van der Waals surface area contributed by atoms with Crippen molar-refractivity contribution in [3.63, 3.8) is 0 Å². The molecule has 0 unspecified atom stereocenters. The highest BCUT2D eigenvalue weighted by molar-refractivity contribution is 5.68. The Kier molecular flexibility index (Phi) is 2.86. The van der Waals surface area contributed by atoms with Gasteiger partial charge in [-0.25, -0.2) is 4.79 Å². The topological polar surface area (TPSA) is 49.8 Å². The van der Waals surface area contributed by atoms with Gasteiger partial charge in [-0.2, -0.15) is 0 Å². The summed E-state index contributed by atoms with van der Waals surface area (Å²) in [6.45, 7) is 6.91. The summed E-state index contributed by atoms with van der Waals surface area (Å²) in [6, 6.07) is 0. The van der Waals surface area contributed by atoms with E-state index >= 15 is 0 Å². The molecular formula is C12H21NO3. The molecule has 0 aromatic rings. The van der Waals surface area contributed by atoms with Gasteiger partial charge in [0.1, 0.15) is 5.60 Å². The fraction of sp³-hybridized carbons (Fsp3) is 0.917. The van der Waals surface area contributed by atoms with Gasteiger partial charge in [0.05, 0.1) is 6.10 Å². The van der Waals surface area contributed by atoms with E-state index in [2.05, 4.69) is 0 Å². The lowest BCUT2D eigenvalue weighted by atomic mass is 9.95. The molecule has 1 saturated carbocycles. The second-order valence-corrected chi connectivity index (χ2v) is 5.97. The SMILES string of the molecule is CC(C)(C)OC(=O)N1C[C@H]2CC[C@@H](C1)[C@H]2O. The number of aliphatic hydroxyl groups excluding tert-OH is 1. The normalized spacial score (nSPS) is 34.0. The standard InChI is InChI=1S/C12H21NO3/c1-12(2,3)16-11(15)13-6-8-4-5-9(7-13)10(8)14/h8-10,14H,4-7H2,1-3H3/t8-,9+,10+. The first-order valence-corrected chi connectivity index (χ1v) is 6.03. The molecule has 4 nitrogen and oxygen atoms in total. The molecule has 3 atom stereocenters. The van der Waals surface area contributed by atoms with Crippen molar-refractivity contribution in [1.82, 2.24) is 4.90 Å². The smallest absolute Gasteiger partial charge is 0.410 e. The van der Waals surface area contributed by atoms with Crippen LogP contribution in [0.25, 0.3) is 0 Å². The van der Waals surface area contributed by atoms with Crippen LogP contribution in [0.5, 0.6) is 0 Å². The zero-order chi connectivity index (χ0) is 11.9. The minimum absolute atomic E-state index is 0.210. The highest BCUT2D eigenvalue weighted by Gasteiger charge is 2.43. The highest BCUT2D eigenvalue weighted by Crippen LogP contribution is 2.37. The fourth-order valence-electron chi connectivity index (χ4n) is 2.67. The number of amides is 1. The van der Waals surface area contributed by atoms with E-state index in [1.807, 2.05) is 20.8 Å². The van der Waals surface area contributed by atoms with Crippen molar-refractivity contribution in [2.24, 2.45) is 11.8 Å². The molecule has 16 heavy (non-hydrogen) atoms. The fourth-order valence-corrected chi connectivity index (χ4v) is 2.67. The van der Waals surface area contributed by atoms with E-state index in [1.165, 1.54) is 0 Å². The van der Waals surface area contributed by atoms with Crippen LogP contribution in [0.15, 0.2) is 0 Å². The van der Waals surface area contributed by atoms with Crippen LogP contribution in [0.2, 0.25) is 0 Å². The molecule has 1 heterocycles. The summed E-state index contributed by atoms with van der Waals surface area (Å²) < 4.78 is 5.34. The van der Waals surface area contributed by atoms with Gasteiger partial charge in [0.2, 0.25) is 0 Å². The van der Waals surface area contributed by atoms with Crippen LogP contribution in [0.3, 0.4) is 0 Å². The van der Waals surface area contributed by atoms with Crippen LogP contribution in [-0.4, -0.2) is 40.9 Å². The molecule has 0 aromatic heterocycles. The lowest BCUT2D eigenvalue weighted by Crippen LogP contribution is -2.48. The average Bonchev–Trinajstić information content (AvgIpc) is 2.38. The molecule has 92 valence electrons. The molecule has 0 spiro atoms. The molecule has 2 rings (SSSR count). The van der Waals surface area contributed by atoms with Gasteiger partial charge in [-0.3, -0.25) is 0 Å². The Hall–Kier alpha value is -0.770. The summed E-state index contributed by atoms with van der Waals surface area (Å²) in [5.41, 5.74) is -0.438. The number of ether oxygens (including phenoxy) is 1. The Labute approximate surface area is 96.6 Å². The van der Waals surface area contributed by atoms with E-state index in [1.54, 1.807) is 4.90 Å². The third-order valence-electron chi connectivity index (χ3n) is 3.44. The maximum Gasteiger partial charge on any atom is 0.410 e. The zero-order valence-electron chi connectivity index (χ0n) is 10.3. The first-order chi connectivity index (χ1) is 7.37. The summed E-state index contributed by atoms with van der Waals surface area (Å²) in [7, 11) is 0. The third-order valence-corrected chi connectivity index (χ3v) is 3.44.